The molecule has 0 fully saturated rings. The second kappa shape index (κ2) is 4.69. The first-order valence-corrected chi connectivity index (χ1v) is 10.4. The Morgan fingerprint density at radius 1 is 1.24 bits per heavy atom. The smallest absolute Gasteiger partial charge is 0.0924 e. The van der Waals surface area contributed by atoms with Gasteiger partial charge in [0.05, 0.1) is 10.6 Å². The number of rotatable bonds is 2. The van der Waals surface area contributed by atoms with Crippen LogP contribution in [0.25, 0.3) is 5.57 Å². The van der Waals surface area contributed by atoms with Gasteiger partial charge in [-0.15, -0.1) is 0 Å². The van der Waals surface area contributed by atoms with Crippen LogP contribution in [0.3, 0.4) is 0 Å². The van der Waals surface area contributed by atoms with Crippen LogP contribution in [-0.2, 0) is 12.2 Å². The molecule has 1 atom stereocenters. The molecule has 0 N–H and O–H groups in total. The largest absolute Gasteiger partial charge is 0.546 e. The summed E-state index contributed by atoms with van der Waals surface area (Å²) >= 11 is 6.04. The van der Waals surface area contributed by atoms with Crippen molar-refractivity contribution in [2.75, 3.05) is 6.66 Å². The minimum Gasteiger partial charge on any atom is -0.546 e. The van der Waals surface area contributed by atoms with Crippen molar-refractivity contribution in [3.63, 3.8) is 0 Å². The second-order valence-corrected chi connectivity index (χ2v) is 10.8. The van der Waals surface area contributed by atoms with Crippen LogP contribution >= 0.6 is 14.7 Å². The van der Waals surface area contributed by atoms with E-state index in [-0.39, 0.29) is 0 Å². The summed E-state index contributed by atoms with van der Waals surface area (Å²) in [6.45, 7) is 9.90. The predicted molar refractivity (Wildman–Crippen MR) is 85.8 cm³/mol. The maximum Gasteiger partial charge on any atom is 0.0924 e. The third kappa shape index (κ3) is 1.92. The average Bonchev–Trinajstić information content (AvgIpc) is 2.50. The van der Waals surface area contributed by atoms with Gasteiger partial charge in [-0.25, -0.2) is 0 Å². The topological polar surface area (TPSA) is 0 Å². The average molecular weight is 282 g/mol. The number of allylic oxidation sites excluding steroid dienone is 2. The normalized spacial score (nSPS) is 23.6. The molecule has 0 saturated heterocycles. The Bertz CT molecular complexity index is 501. The number of fused-ring (bicyclic) bond motifs is 1. The van der Waals surface area contributed by atoms with E-state index in [1.165, 1.54) is 19.3 Å². The monoisotopic (exact) mass is 282 g/mol. The van der Waals surface area contributed by atoms with Gasteiger partial charge in [-0.1, -0.05) is 22.0 Å². The highest BCUT2D eigenvalue weighted by Gasteiger charge is 2.39. The summed E-state index contributed by atoms with van der Waals surface area (Å²) < 4.78 is 0. The molecule has 3 heteroatoms. The maximum atomic E-state index is 6.04. The fourth-order valence-electron chi connectivity index (χ4n) is 2.84. The molecule has 1 unspecified atom stereocenters. The highest BCUT2D eigenvalue weighted by Crippen LogP contribution is 2.69. The molecule has 0 nitrogen and oxygen atoms in total. The summed E-state index contributed by atoms with van der Waals surface area (Å²) in [5.41, 5.74) is 4.46. The van der Waals surface area contributed by atoms with Gasteiger partial charge in [0.25, 0.3) is 0 Å². The zero-order chi connectivity index (χ0) is 12.8. The van der Waals surface area contributed by atoms with Gasteiger partial charge in [0, 0.05) is 24.0 Å². The van der Waals surface area contributed by atoms with E-state index in [4.69, 9.17) is 12.2 Å². The molecule has 1 aliphatic heterocycles. The van der Waals surface area contributed by atoms with E-state index in [1.54, 1.807) is 21.5 Å². The van der Waals surface area contributed by atoms with Gasteiger partial charge in [0.2, 0.25) is 0 Å². The van der Waals surface area contributed by atoms with Crippen molar-refractivity contribution in [3.05, 3.63) is 27.5 Å². The molecule has 0 aliphatic carbocycles. The van der Waals surface area contributed by atoms with Gasteiger partial charge >= 0.3 is 0 Å². The lowest BCUT2D eigenvalue weighted by atomic mass is 10.1. The first-order chi connectivity index (χ1) is 7.95. The summed E-state index contributed by atoms with van der Waals surface area (Å²) in [6, 6.07) is 0. The fraction of sp³-hybridized carbons (Fsp3) is 0.500. The summed E-state index contributed by atoms with van der Waals surface area (Å²) in [6.07, 6.45) is 2.27. The van der Waals surface area contributed by atoms with Crippen LogP contribution in [0.1, 0.15) is 43.1 Å². The molecule has 0 saturated carbocycles. The molecular formula is C14H20P2S. The fourth-order valence-corrected chi connectivity index (χ4v) is 9.58. The molecule has 17 heavy (non-hydrogen) atoms. The zero-order valence-electron chi connectivity index (χ0n) is 11.3. The Hall–Kier alpha value is 0.170. The highest BCUT2D eigenvalue weighted by molar-refractivity contribution is 8.47. The molecule has 1 aromatic heterocycles. The number of hydrogen-bond donors (Lipinski definition) is 0. The van der Waals surface area contributed by atoms with Crippen molar-refractivity contribution in [1.82, 2.24) is 0 Å². The van der Waals surface area contributed by atoms with Crippen molar-refractivity contribution >= 4 is 37.8 Å². The lowest BCUT2D eigenvalue weighted by Crippen LogP contribution is -2.12. The second-order valence-electron chi connectivity index (χ2n) is 4.82. The van der Waals surface area contributed by atoms with Crippen LogP contribution in [-0.4, -0.2) is 6.66 Å². The molecular weight excluding hydrogens is 262 g/mol. The van der Waals surface area contributed by atoms with Crippen molar-refractivity contribution in [2.24, 2.45) is 0 Å². The van der Waals surface area contributed by atoms with Crippen LogP contribution in [0.4, 0.5) is 0 Å². The Labute approximate surface area is 113 Å². The van der Waals surface area contributed by atoms with E-state index < -0.39 is 6.46 Å². The molecule has 1 aromatic rings. The summed E-state index contributed by atoms with van der Waals surface area (Å²) in [7, 11) is 1.37. The Kier molecular flexibility index (Phi) is 3.75. The van der Waals surface area contributed by atoms with Gasteiger partial charge in [-0.3, -0.25) is 0 Å². The van der Waals surface area contributed by atoms with E-state index in [0.29, 0.717) is 0 Å². The lowest BCUT2D eigenvalue weighted by Gasteiger charge is -2.28. The molecule has 0 radical (unpaired) electrons. The summed E-state index contributed by atoms with van der Waals surface area (Å²) in [5.74, 6) is 2.34. The molecule has 0 aromatic carbocycles. The molecule has 0 amide bonds. The maximum absolute atomic E-state index is 6.04. The van der Waals surface area contributed by atoms with E-state index in [2.05, 4.69) is 40.2 Å². The van der Waals surface area contributed by atoms with Crippen molar-refractivity contribution in [2.45, 2.75) is 40.5 Å². The standard InChI is InChI=1S/C14H20P2S/c1-6-11-12(7-2)16(5,17)14-10(4)9(3)8-15-13(11)14/h8H,6-7H2,1-5H3. The Balaban J connectivity index is 2.77. The molecule has 2 rings (SSSR count). The zero-order valence-corrected chi connectivity index (χ0v) is 13.9. The highest BCUT2D eigenvalue weighted by atomic mass is 32.7. The third-order valence-corrected chi connectivity index (χ3v) is 9.50. The third-order valence-electron chi connectivity index (χ3n) is 3.82. The molecule has 0 bridgehead atoms. The van der Waals surface area contributed by atoms with Crippen LogP contribution in [0.2, 0.25) is 0 Å². The van der Waals surface area contributed by atoms with Crippen LogP contribution in [0.5, 0.6) is 0 Å². The molecule has 1 aliphatic rings. The van der Waals surface area contributed by atoms with Crippen LogP contribution < -0.4 is 5.30 Å². The van der Waals surface area contributed by atoms with Gasteiger partial charge in [0.1, 0.15) is 0 Å². The Morgan fingerprint density at radius 2 is 1.88 bits per heavy atom. The predicted octanol–water partition coefficient (Wildman–Crippen LogP) is 5.16. The van der Waals surface area contributed by atoms with Crippen molar-refractivity contribution in [1.29, 1.82) is 0 Å². The number of hydrogen-bond acceptors (Lipinski definition) is 1. The van der Waals surface area contributed by atoms with Crippen molar-refractivity contribution < 1.29 is 0 Å². The van der Waals surface area contributed by atoms with Crippen LogP contribution in [0, 0.1) is 13.8 Å². The van der Waals surface area contributed by atoms with Gasteiger partial charge in [-0.05, 0) is 43.7 Å². The van der Waals surface area contributed by atoms with E-state index in [1.807, 2.05) is 0 Å². The van der Waals surface area contributed by atoms with Crippen molar-refractivity contribution in [3.8, 4) is 0 Å². The van der Waals surface area contributed by atoms with Gasteiger partial charge < -0.3 is 12.2 Å². The molecule has 92 valence electrons. The summed E-state index contributed by atoms with van der Waals surface area (Å²) in [5, 5.41) is 4.69. The van der Waals surface area contributed by atoms with E-state index >= 15 is 0 Å². The van der Waals surface area contributed by atoms with Gasteiger partial charge in [0.15, 0.2) is 0 Å². The lowest BCUT2D eigenvalue weighted by molar-refractivity contribution is 1.16. The van der Waals surface area contributed by atoms with E-state index in [0.717, 1.165) is 12.8 Å². The first kappa shape index (κ1) is 13.6. The van der Waals surface area contributed by atoms with Gasteiger partial charge in [-0.2, -0.15) is 0 Å². The minimum atomic E-state index is -1.44. The van der Waals surface area contributed by atoms with E-state index in [9.17, 15) is 0 Å². The first-order valence-electron chi connectivity index (χ1n) is 6.22. The Morgan fingerprint density at radius 3 is 2.41 bits per heavy atom. The summed E-state index contributed by atoms with van der Waals surface area (Å²) in [4.78, 5) is 0. The SMILES string of the molecule is CCC1=C(CC)[P+](C)([S-])c2c1pcc(C)c2C. The number of aryl methyl sites for hydroxylation is 1. The molecule has 2 heterocycles. The van der Waals surface area contributed by atoms with Crippen LogP contribution in [0.15, 0.2) is 11.1 Å². The minimum absolute atomic E-state index is 1.13. The quantitative estimate of drug-likeness (QED) is 0.533. The molecule has 0 spiro atoms.